The van der Waals surface area contributed by atoms with Gasteiger partial charge in [-0.05, 0) is 24.3 Å². The van der Waals surface area contributed by atoms with Gasteiger partial charge in [-0.3, -0.25) is 9.35 Å². The Morgan fingerprint density at radius 3 is 2.62 bits per heavy atom. The van der Waals surface area contributed by atoms with Crippen molar-refractivity contribution in [2.24, 2.45) is 5.16 Å². The lowest BCUT2D eigenvalue weighted by molar-refractivity contribution is 0.0987. The van der Waals surface area contributed by atoms with E-state index in [2.05, 4.69) is 9.44 Å². The summed E-state index contributed by atoms with van der Waals surface area (Å²) in [6.07, 6.45) is 0.226. The van der Waals surface area contributed by atoms with Gasteiger partial charge in [0.15, 0.2) is 0 Å². The lowest BCUT2D eigenvalue weighted by Gasteiger charge is -2.30. The highest BCUT2D eigenvalue weighted by atomic mass is 35.5. The Balaban J connectivity index is 1.99. The molecule has 2 aromatic carbocycles. The maximum absolute atomic E-state index is 12.9. The molecule has 0 saturated carbocycles. The fourth-order valence-electron chi connectivity index (χ4n) is 2.63. The number of oxime groups is 1. The Morgan fingerprint density at radius 2 is 1.92 bits per heavy atom. The highest BCUT2D eigenvalue weighted by Crippen LogP contribution is 2.31. The molecule has 0 radical (unpaired) electrons. The van der Waals surface area contributed by atoms with Gasteiger partial charge in [-0.15, -0.1) is 0 Å². The number of rotatable bonds is 3. The van der Waals surface area contributed by atoms with Gasteiger partial charge < -0.3 is 4.90 Å². The summed E-state index contributed by atoms with van der Waals surface area (Å²) in [5.74, 6) is -0.325. The van der Waals surface area contributed by atoms with Crippen molar-refractivity contribution in [3.05, 3.63) is 63.6 Å². The van der Waals surface area contributed by atoms with Crippen LogP contribution in [0, 0.1) is 0 Å². The summed E-state index contributed by atoms with van der Waals surface area (Å²) in [6.45, 7) is 0.225. The predicted octanol–water partition coefficient (Wildman–Crippen LogP) is 3.57. The molecular formula is C16H12Cl2N2O5S. The fourth-order valence-corrected chi connectivity index (χ4v) is 3.31. The second-order valence-corrected chi connectivity index (χ2v) is 7.24. The largest absolute Gasteiger partial charge is 0.466 e. The third-order valence-corrected chi connectivity index (χ3v) is 4.54. The molecule has 1 amide bonds. The van der Waals surface area contributed by atoms with Crippen molar-refractivity contribution >= 4 is 50.9 Å². The zero-order valence-electron chi connectivity index (χ0n) is 13.1. The van der Waals surface area contributed by atoms with Crippen LogP contribution in [0.3, 0.4) is 0 Å². The van der Waals surface area contributed by atoms with Crippen LogP contribution < -0.4 is 4.90 Å². The molecule has 0 aliphatic carbocycles. The summed E-state index contributed by atoms with van der Waals surface area (Å²) in [7, 11) is -4.71. The van der Waals surface area contributed by atoms with Crippen LogP contribution in [-0.2, 0) is 14.7 Å². The van der Waals surface area contributed by atoms with Gasteiger partial charge in [0, 0.05) is 23.6 Å². The molecule has 7 nitrogen and oxygen atoms in total. The quantitative estimate of drug-likeness (QED) is 0.611. The van der Waals surface area contributed by atoms with Crippen molar-refractivity contribution in [1.29, 1.82) is 0 Å². The van der Waals surface area contributed by atoms with Gasteiger partial charge in [-0.2, -0.15) is 8.42 Å². The van der Waals surface area contributed by atoms with Gasteiger partial charge in [0.25, 0.3) is 5.91 Å². The molecule has 0 spiro atoms. The summed E-state index contributed by atoms with van der Waals surface area (Å²) in [6, 6.07) is 11.4. The number of anilines is 1. The monoisotopic (exact) mass is 414 g/mol. The standard InChI is InChI=1S/C16H12Cl2N2O5S/c17-10-5-6-11(13(18)9-10)16(21)20-8-7-14(19-25-26(22,23)24)12-3-1-2-4-15(12)20/h1-6,9H,7-8H2,(H,22,23,24)/b19-14-. The molecule has 2 aromatic rings. The topological polar surface area (TPSA) is 96.3 Å². The van der Waals surface area contributed by atoms with Gasteiger partial charge in [-0.1, -0.05) is 46.6 Å². The lowest BCUT2D eigenvalue weighted by Crippen LogP contribution is -2.37. The van der Waals surface area contributed by atoms with Crippen molar-refractivity contribution < 1.29 is 22.0 Å². The van der Waals surface area contributed by atoms with Crippen LogP contribution >= 0.6 is 23.2 Å². The maximum Gasteiger partial charge on any atom is 0.466 e. The Hall–Kier alpha value is -2.13. The van der Waals surface area contributed by atoms with Gasteiger partial charge >= 0.3 is 10.4 Å². The van der Waals surface area contributed by atoms with Crippen molar-refractivity contribution in [2.75, 3.05) is 11.4 Å². The first-order chi connectivity index (χ1) is 12.3. The zero-order chi connectivity index (χ0) is 18.9. The molecule has 3 rings (SSSR count). The number of para-hydroxylation sites is 1. The second-order valence-electron chi connectivity index (χ2n) is 5.39. The highest BCUT2D eigenvalue weighted by Gasteiger charge is 2.28. The number of benzene rings is 2. The van der Waals surface area contributed by atoms with E-state index in [0.29, 0.717) is 27.5 Å². The molecule has 0 atom stereocenters. The molecule has 0 bridgehead atoms. The van der Waals surface area contributed by atoms with Gasteiger partial charge in [0.1, 0.15) is 0 Å². The number of carbonyl (C=O) groups is 1. The summed E-state index contributed by atoms with van der Waals surface area (Å²) < 4.78 is 34.3. The average Bonchev–Trinajstić information content (AvgIpc) is 2.58. The summed E-state index contributed by atoms with van der Waals surface area (Å²) >= 11 is 12.0. The van der Waals surface area contributed by atoms with E-state index in [9.17, 15) is 13.2 Å². The Bertz CT molecular complexity index is 1010. The van der Waals surface area contributed by atoms with E-state index in [1.54, 1.807) is 36.4 Å². The first kappa shape index (κ1) is 18.7. The Labute approximate surface area is 159 Å². The minimum Gasteiger partial charge on any atom is -0.307 e. The molecule has 26 heavy (non-hydrogen) atoms. The number of carbonyl (C=O) groups excluding carboxylic acids is 1. The first-order valence-corrected chi connectivity index (χ1v) is 9.47. The molecular weight excluding hydrogens is 403 g/mol. The number of hydrogen-bond donors (Lipinski definition) is 1. The molecule has 1 aliphatic heterocycles. The van der Waals surface area contributed by atoms with Crippen molar-refractivity contribution in [3.63, 3.8) is 0 Å². The van der Waals surface area contributed by atoms with Gasteiger partial charge in [-0.25, -0.2) is 4.28 Å². The molecule has 0 fully saturated rings. The first-order valence-electron chi connectivity index (χ1n) is 7.35. The van der Waals surface area contributed by atoms with Gasteiger partial charge in [0.05, 0.1) is 22.0 Å². The number of nitrogens with zero attached hydrogens (tertiary/aromatic N) is 2. The number of fused-ring (bicyclic) bond motifs is 1. The number of hydrogen-bond acceptors (Lipinski definition) is 5. The van der Waals surface area contributed by atoms with E-state index < -0.39 is 10.4 Å². The molecule has 1 heterocycles. The third kappa shape index (κ3) is 3.99. The molecule has 1 aliphatic rings. The maximum atomic E-state index is 12.9. The third-order valence-electron chi connectivity index (χ3n) is 3.73. The van der Waals surface area contributed by atoms with Crippen LogP contribution in [0.25, 0.3) is 0 Å². The van der Waals surface area contributed by atoms with E-state index in [4.69, 9.17) is 27.8 Å². The predicted molar refractivity (Wildman–Crippen MR) is 98.4 cm³/mol. The molecule has 0 aromatic heterocycles. The van der Waals surface area contributed by atoms with Crippen LogP contribution in [0.4, 0.5) is 5.69 Å². The van der Waals surface area contributed by atoms with Crippen LogP contribution in [0.2, 0.25) is 10.0 Å². The van der Waals surface area contributed by atoms with E-state index in [0.717, 1.165) is 0 Å². The van der Waals surface area contributed by atoms with Crippen molar-refractivity contribution in [2.45, 2.75) is 6.42 Å². The highest BCUT2D eigenvalue weighted by molar-refractivity contribution is 7.80. The van der Waals surface area contributed by atoms with E-state index in [-0.39, 0.29) is 23.9 Å². The van der Waals surface area contributed by atoms with Crippen LogP contribution in [0.15, 0.2) is 47.6 Å². The minimum absolute atomic E-state index is 0.225. The average molecular weight is 415 g/mol. The van der Waals surface area contributed by atoms with Crippen molar-refractivity contribution in [3.8, 4) is 0 Å². The Morgan fingerprint density at radius 1 is 1.19 bits per heavy atom. The molecule has 10 heteroatoms. The molecule has 0 saturated heterocycles. The van der Waals surface area contributed by atoms with E-state index in [1.165, 1.54) is 11.0 Å². The molecule has 0 unspecified atom stereocenters. The smallest absolute Gasteiger partial charge is 0.307 e. The fraction of sp³-hybridized carbons (Fsp3) is 0.125. The Kier molecular flexibility index (Phi) is 5.19. The van der Waals surface area contributed by atoms with E-state index >= 15 is 0 Å². The van der Waals surface area contributed by atoms with Crippen LogP contribution in [0.1, 0.15) is 22.3 Å². The molecule has 1 N–H and O–H groups in total. The van der Waals surface area contributed by atoms with E-state index in [1.807, 2.05) is 0 Å². The summed E-state index contributed by atoms with van der Waals surface area (Å²) in [5.41, 5.74) is 1.62. The summed E-state index contributed by atoms with van der Waals surface area (Å²) in [4.78, 5) is 14.4. The minimum atomic E-state index is -4.71. The number of halogens is 2. The summed E-state index contributed by atoms with van der Waals surface area (Å²) in [5, 5.41) is 4.14. The normalized spacial score (nSPS) is 15.7. The second kappa shape index (κ2) is 7.24. The molecule has 136 valence electrons. The van der Waals surface area contributed by atoms with Crippen LogP contribution in [-0.4, -0.2) is 31.1 Å². The number of amides is 1. The van der Waals surface area contributed by atoms with Gasteiger partial charge in [0.2, 0.25) is 0 Å². The SMILES string of the molecule is O=C(c1ccc(Cl)cc1Cl)N1CC/C(=N/OS(=O)(=O)O)c2ccccc21. The zero-order valence-corrected chi connectivity index (χ0v) is 15.4. The van der Waals surface area contributed by atoms with Crippen molar-refractivity contribution in [1.82, 2.24) is 0 Å². The lowest BCUT2D eigenvalue weighted by atomic mass is 9.99. The van der Waals surface area contributed by atoms with Crippen LogP contribution in [0.5, 0.6) is 0 Å².